The number of ether oxygens (including phenoxy) is 1. The Morgan fingerprint density at radius 2 is 2.05 bits per heavy atom. The van der Waals surface area contributed by atoms with Gasteiger partial charge in [0.25, 0.3) is 0 Å². The molecular weight excluding hydrogens is 347 g/mol. The molecule has 2 aromatic carbocycles. The predicted octanol–water partition coefficient (Wildman–Crippen LogP) is 4.26. The van der Waals surface area contributed by atoms with Gasteiger partial charge in [0, 0.05) is 27.0 Å². The van der Waals surface area contributed by atoms with E-state index in [1.54, 1.807) is 18.2 Å². The highest BCUT2D eigenvalue weighted by molar-refractivity contribution is 9.10. The molecular formula is C15H11BrClFO2. The summed E-state index contributed by atoms with van der Waals surface area (Å²) in [7, 11) is 0. The first-order valence-corrected chi connectivity index (χ1v) is 7.31. The van der Waals surface area contributed by atoms with Crippen LogP contribution in [-0.4, -0.2) is 11.7 Å². The van der Waals surface area contributed by atoms with Gasteiger partial charge in [0.2, 0.25) is 0 Å². The number of aliphatic hydroxyl groups excluding tert-OH is 1. The standard InChI is InChI=1S/C15H11BrClFO2/c16-9-1-2-13(18)11(6-9)14(19)12-7-10(17)5-8-3-4-20-15(8)12/h1-2,5-7,14,19H,3-4H2. The molecule has 1 atom stereocenters. The molecule has 0 saturated carbocycles. The molecule has 104 valence electrons. The average molecular weight is 358 g/mol. The van der Waals surface area contributed by atoms with Crippen molar-refractivity contribution in [1.82, 2.24) is 0 Å². The third-order valence-electron chi connectivity index (χ3n) is 3.32. The van der Waals surface area contributed by atoms with E-state index in [9.17, 15) is 9.50 Å². The van der Waals surface area contributed by atoms with E-state index in [0.717, 1.165) is 12.0 Å². The topological polar surface area (TPSA) is 29.5 Å². The Morgan fingerprint density at radius 3 is 2.85 bits per heavy atom. The minimum Gasteiger partial charge on any atom is -0.493 e. The van der Waals surface area contributed by atoms with Gasteiger partial charge in [-0.1, -0.05) is 27.5 Å². The molecule has 1 unspecified atom stereocenters. The number of fused-ring (bicyclic) bond motifs is 1. The molecule has 3 rings (SSSR count). The molecule has 1 aliphatic rings. The summed E-state index contributed by atoms with van der Waals surface area (Å²) in [6.07, 6.45) is -0.366. The van der Waals surface area contributed by atoms with E-state index in [4.69, 9.17) is 16.3 Å². The summed E-state index contributed by atoms with van der Waals surface area (Å²) in [5, 5.41) is 11.0. The number of rotatable bonds is 2. The van der Waals surface area contributed by atoms with Crippen LogP contribution in [0.1, 0.15) is 22.8 Å². The van der Waals surface area contributed by atoms with Crippen molar-refractivity contribution >= 4 is 27.5 Å². The maximum absolute atomic E-state index is 13.9. The number of hydrogen-bond donors (Lipinski definition) is 1. The Hall–Kier alpha value is -1.10. The predicted molar refractivity (Wildman–Crippen MR) is 78.8 cm³/mol. The first-order chi connectivity index (χ1) is 9.56. The van der Waals surface area contributed by atoms with Crippen molar-refractivity contribution in [3.63, 3.8) is 0 Å². The maximum Gasteiger partial charge on any atom is 0.129 e. The lowest BCUT2D eigenvalue weighted by Crippen LogP contribution is -2.05. The molecule has 0 saturated heterocycles. The normalized spacial score (nSPS) is 14.8. The highest BCUT2D eigenvalue weighted by Crippen LogP contribution is 2.39. The summed E-state index contributed by atoms with van der Waals surface area (Å²) >= 11 is 9.34. The van der Waals surface area contributed by atoms with Gasteiger partial charge in [-0.3, -0.25) is 0 Å². The van der Waals surface area contributed by atoms with E-state index in [-0.39, 0.29) is 5.56 Å². The molecule has 5 heteroatoms. The fourth-order valence-electron chi connectivity index (χ4n) is 2.39. The van der Waals surface area contributed by atoms with E-state index < -0.39 is 11.9 Å². The van der Waals surface area contributed by atoms with Crippen LogP contribution in [0, 0.1) is 5.82 Å². The van der Waals surface area contributed by atoms with Gasteiger partial charge in [-0.15, -0.1) is 0 Å². The van der Waals surface area contributed by atoms with Crippen molar-refractivity contribution in [1.29, 1.82) is 0 Å². The number of hydrogen-bond acceptors (Lipinski definition) is 2. The molecule has 1 N–H and O–H groups in total. The van der Waals surface area contributed by atoms with Gasteiger partial charge in [-0.25, -0.2) is 4.39 Å². The van der Waals surface area contributed by atoms with Crippen molar-refractivity contribution in [3.8, 4) is 5.75 Å². The fraction of sp³-hybridized carbons (Fsp3) is 0.200. The van der Waals surface area contributed by atoms with Crippen LogP contribution in [0.2, 0.25) is 5.02 Å². The van der Waals surface area contributed by atoms with Gasteiger partial charge in [0.05, 0.1) is 6.61 Å². The molecule has 2 aromatic rings. The van der Waals surface area contributed by atoms with Crippen molar-refractivity contribution < 1.29 is 14.2 Å². The van der Waals surface area contributed by atoms with Crippen LogP contribution < -0.4 is 4.74 Å². The molecule has 0 spiro atoms. The third-order valence-corrected chi connectivity index (χ3v) is 4.04. The van der Waals surface area contributed by atoms with Crippen LogP contribution in [0.3, 0.4) is 0 Å². The Morgan fingerprint density at radius 1 is 1.25 bits per heavy atom. The molecule has 0 aliphatic carbocycles. The minimum atomic E-state index is -1.11. The fourth-order valence-corrected chi connectivity index (χ4v) is 3.02. The smallest absolute Gasteiger partial charge is 0.129 e. The summed E-state index contributed by atoms with van der Waals surface area (Å²) in [5.74, 6) is 0.147. The van der Waals surface area contributed by atoms with Crippen LogP contribution in [0.25, 0.3) is 0 Å². The second-order valence-electron chi connectivity index (χ2n) is 4.65. The molecule has 0 radical (unpaired) electrons. The lowest BCUT2D eigenvalue weighted by molar-refractivity contribution is 0.208. The van der Waals surface area contributed by atoms with Crippen molar-refractivity contribution in [2.24, 2.45) is 0 Å². The summed E-state index contributed by atoms with van der Waals surface area (Å²) in [5.41, 5.74) is 1.64. The van der Waals surface area contributed by atoms with E-state index in [2.05, 4.69) is 15.9 Å². The Bertz CT molecular complexity index is 675. The Kier molecular flexibility index (Phi) is 3.71. The van der Waals surface area contributed by atoms with Crippen molar-refractivity contribution in [2.75, 3.05) is 6.61 Å². The molecule has 0 fully saturated rings. The first-order valence-electron chi connectivity index (χ1n) is 6.14. The number of halogens is 3. The van der Waals surface area contributed by atoms with Crippen molar-refractivity contribution in [3.05, 3.63) is 62.3 Å². The second kappa shape index (κ2) is 5.35. The number of aliphatic hydroxyl groups is 1. The van der Waals surface area contributed by atoms with E-state index in [0.29, 0.717) is 27.4 Å². The summed E-state index contributed by atoms with van der Waals surface area (Å²) < 4.78 is 20.1. The molecule has 0 aromatic heterocycles. The molecule has 1 heterocycles. The van der Waals surface area contributed by atoms with E-state index >= 15 is 0 Å². The SMILES string of the molecule is OC(c1cc(Br)ccc1F)c1cc(Cl)cc2c1OCC2. The highest BCUT2D eigenvalue weighted by atomic mass is 79.9. The van der Waals surface area contributed by atoms with Crippen LogP contribution in [0.5, 0.6) is 5.75 Å². The lowest BCUT2D eigenvalue weighted by atomic mass is 9.98. The van der Waals surface area contributed by atoms with Gasteiger partial charge in [0.15, 0.2) is 0 Å². The summed E-state index contributed by atoms with van der Waals surface area (Å²) in [6.45, 7) is 0.552. The van der Waals surface area contributed by atoms with Gasteiger partial charge < -0.3 is 9.84 Å². The number of benzene rings is 2. The summed E-state index contributed by atoms with van der Waals surface area (Å²) in [6, 6.07) is 7.90. The Labute approximate surface area is 129 Å². The van der Waals surface area contributed by atoms with Gasteiger partial charge in [-0.05, 0) is 35.9 Å². The van der Waals surface area contributed by atoms with E-state index in [1.807, 2.05) is 6.07 Å². The molecule has 2 nitrogen and oxygen atoms in total. The average Bonchev–Trinajstić information content (AvgIpc) is 2.87. The van der Waals surface area contributed by atoms with Crippen molar-refractivity contribution in [2.45, 2.75) is 12.5 Å². The van der Waals surface area contributed by atoms with Crippen LogP contribution in [0.4, 0.5) is 4.39 Å². The largest absolute Gasteiger partial charge is 0.493 e. The lowest BCUT2D eigenvalue weighted by Gasteiger charge is -2.16. The Balaban J connectivity index is 2.11. The molecule has 0 bridgehead atoms. The maximum atomic E-state index is 13.9. The van der Waals surface area contributed by atoms with Gasteiger partial charge >= 0.3 is 0 Å². The molecule has 20 heavy (non-hydrogen) atoms. The van der Waals surface area contributed by atoms with Gasteiger partial charge in [0.1, 0.15) is 17.7 Å². The van der Waals surface area contributed by atoms with Crippen LogP contribution >= 0.6 is 27.5 Å². The van der Waals surface area contributed by atoms with Gasteiger partial charge in [-0.2, -0.15) is 0 Å². The van der Waals surface area contributed by atoms with E-state index in [1.165, 1.54) is 6.07 Å². The zero-order chi connectivity index (χ0) is 14.3. The third kappa shape index (κ3) is 2.43. The quantitative estimate of drug-likeness (QED) is 0.870. The molecule has 0 amide bonds. The second-order valence-corrected chi connectivity index (χ2v) is 6.00. The highest BCUT2D eigenvalue weighted by Gasteiger charge is 2.25. The van der Waals surface area contributed by atoms with Crippen LogP contribution in [-0.2, 0) is 6.42 Å². The van der Waals surface area contributed by atoms with Crippen LogP contribution in [0.15, 0.2) is 34.8 Å². The molecule has 1 aliphatic heterocycles. The first kappa shape index (κ1) is 13.9. The summed E-state index contributed by atoms with van der Waals surface area (Å²) in [4.78, 5) is 0. The monoisotopic (exact) mass is 356 g/mol. The minimum absolute atomic E-state index is 0.194. The zero-order valence-electron chi connectivity index (χ0n) is 10.4. The zero-order valence-corrected chi connectivity index (χ0v) is 12.7.